The van der Waals surface area contributed by atoms with Crippen LogP contribution in [-0.4, -0.2) is 41.3 Å². The molecule has 34 heavy (non-hydrogen) atoms. The van der Waals surface area contributed by atoms with Crippen LogP contribution in [0.15, 0.2) is 99.9 Å². The molecule has 6 nitrogen and oxygen atoms in total. The van der Waals surface area contributed by atoms with Crippen LogP contribution < -0.4 is 10.0 Å². The molecule has 3 aromatic carbocycles. The molecule has 0 bridgehead atoms. The Balaban J connectivity index is 0.00000103. The number of rotatable bonds is 6. The number of aromatic nitrogens is 1. The highest BCUT2D eigenvalue weighted by Gasteiger charge is 2.10. The van der Waals surface area contributed by atoms with E-state index in [1.54, 1.807) is 25.0 Å². The van der Waals surface area contributed by atoms with Gasteiger partial charge in [0.2, 0.25) is 0 Å². The summed E-state index contributed by atoms with van der Waals surface area (Å²) in [6.07, 6.45) is 5.81. The molecular weight excluding hydrogens is 462 g/mol. The zero-order valence-corrected chi connectivity index (χ0v) is 21.0. The molecule has 174 valence electrons. The van der Waals surface area contributed by atoms with E-state index < -0.39 is 11.0 Å². The van der Waals surface area contributed by atoms with Crippen molar-refractivity contribution in [2.75, 3.05) is 29.6 Å². The molecule has 1 atom stereocenters. The number of thioether (sulfide) groups is 1. The Hall–Kier alpha value is -3.49. The van der Waals surface area contributed by atoms with Crippen LogP contribution in [0, 0.1) is 0 Å². The second-order valence-electron chi connectivity index (χ2n) is 7.06. The van der Waals surface area contributed by atoms with Gasteiger partial charge in [0.05, 0.1) is 21.8 Å². The summed E-state index contributed by atoms with van der Waals surface area (Å²) in [6.45, 7) is 3.62. The summed E-state index contributed by atoms with van der Waals surface area (Å²) in [6, 6.07) is 24.6. The van der Waals surface area contributed by atoms with Crippen LogP contribution in [0.1, 0.15) is 5.56 Å². The summed E-state index contributed by atoms with van der Waals surface area (Å²) < 4.78 is 15.9. The van der Waals surface area contributed by atoms with E-state index in [2.05, 4.69) is 31.7 Å². The van der Waals surface area contributed by atoms with Gasteiger partial charge < -0.3 is 5.32 Å². The average molecular weight is 490 g/mol. The summed E-state index contributed by atoms with van der Waals surface area (Å²) in [5.41, 5.74) is 3.95. The van der Waals surface area contributed by atoms with E-state index in [1.165, 1.54) is 0 Å². The smallest absolute Gasteiger partial charge is 0.150 e. The van der Waals surface area contributed by atoms with Crippen LogP contribution >= 0.6 is 11.8 Å². The zero-order chi connectivity index (χ0) is 24.3. The van der Waals surface area contributed by atoms with Crippen LogP contribution in [-0.2, 0) is 11.0 Å². The van der Waals surface area contributed by atoms with Gasteiger partial charge in [-0.05, 0) is 67.8 Å². The van der Waals surface area contributed by atoms with E-state index in [9.17, 15) is 4.21 Å². The van der Waals surface area contributed by atoms with Gasteiger partial charge in [0.15, 0.2) is 0 Å². The van der Waals surface area contributed by atoms with E-state index in [0.717, 1.165) is 33.5 Å². The first-order valence-corrected chi connectivity index (χ1v) is 13.2. The number of nitrogens with zero attached hydrogens (tertiary/aromatic N) is 3. The van der Waals surface area contributed by atoms with Crippen LogP contribution in [0.4, 0.5) is 17.1 Å². The topological polar surface area (TPSA) is 78.7 Å². The van der Waals surface area contributed by atoms with Crippen molar-refractivity contribution in [1.82, 2.24) is 4.98 Å². The van der Waals surface area contributed by atoms with Crippen molar-refractivity contribution in [3.63, 3.8) is 0 Å². The minimum atomic E-state index is -1.43. The second kappa shape index (κ2) is 12.7. The molecule has 1 unspecified atom stereocenters. The molecule has 2 N–H and O–H groups in total. The van der Waals surface area contributed by atoms with E-state index in [-0.39, 0.29) is 0 Å². The Morgan fingerprint density at radius 3 is 2.38 bits per heavy atom. The highest BCUT2D eigenvalue weighted by atomic mass is 32.2. The highest BCUT2D eigenvalue weighted by Crippen LogP contribution is 2.24. The Morgan fingerprint density at radius 1 is 0.971 bits per heavy atom. The predicted molar refractivity (Wildman–Crippen MR) is 149 cm³/mol. The van der Waals surface area contributed by atoms with Crippen LogP contribution in [0.5, 0.6) is 0 Å². The second-order valence-corrected chi connectivity index (χ2v) is 9.09. The van der Waals surface area contributed by atoms with Gasteiger partial charge in [0, 0.05) is 29.9 Å². The van der Waals surface area contributed by atoms with Crippen molar-refractivity contribution in [3.05, 3.63) is 90.6 Å². The van der Waals surface area contributed by atoms with Crippen molar-refractivity contribution in [2.45, 2.75) is 4.90 Å². The summed E-state index contributed by atoms with van der Waals surface area (Å²) in [5, 5.41) is 4.28. The SMILES string of the molecule is C=Nc1ccccc1C(=NC)Nc1ccc(S(=O)Nc2cccc3cccnc23)cc1.CSC. The summed E-state index contributed by atoms with van der Waals surface area (Å²) >= 11 is 1.75. The number of benzene rings is 3. The maximum Gasteiger partial charge on any atom is 0.150 e. The van der Waals surface area contributed by atoms with Gasteiger partial charge in [0.1, 0.15) is 16.8 Å². The largest absolute Gasteiger partial charge is 0.340 e. The predicted octanol–water partition coefficient (Wildman–Crippen LogP) is 6.17. The van der Waals surface area contributed by atoms with E-state index in [0.29, 0.717) is 10.7 Å². The molecule has 4 rings (SSSR count). The van der Waals surface area contributed by atoms with Crippen LogP contribution in [0.2, 0.25) is 0 Å². The van der Waals surface area contributed by atoms with Crippen molar-refractivity contribution < 1.29 is 4.21 Å². The maximum absolute atomic E-state index is 12.9. The van der Waals surface area contributed by atoms with E-state index in [1.807, 2.05) is 91.4 Å². The van der Waals surface area contributed by atoms with Gasteiger partial charge >= 0.3 is 0 Å². The first-order chi connectivity index (χ1) is 16.6. The van der Waals surface area contributed by atoms with E-state index in [4.69, 9.17) is 0 Å². The number of nitrogens with one attached hydrogen (secondary N) is 2. The fourth-order valence-corrected chi connectivity index (χ4v) is 4.06. The highest BCUT2D eigenvalue weighted by molar-refractivity contribution is 7.97. The van der Waals surface area contributed by atoms with Crippen LogP contribution in [0.25, 0.3) is 10.9 Å². The molecule has 0 aliphatic heterocycles. The first kappa shape index (κ1) is 25.1. The van der Waals surface area contributed by atoms with Crippen molar-refractivity contribution in [3.8, 4) is 0 Å². The standard InChI is InChI=1S/C24H21N5OS.C2H6S/c1-25-21-10-4-3-9-20(21)24(26-2)28-18-12-14-19(15-13-18)31(30)29-22-11-5-7-17-8-6-16-27-23(17)22;1-3-2/h3-16,29H,1H2,2H3,(H,26,28);1-2H3. The molecule has 0 fully saturated rings. The lowest BCUT2D eigenvalue weighted by Crippen LogP contribution is -2.14. The summed E-state index contributed by atoms with van der Waals surface area (Å²) in [5.74, 6) is 0.678. The molecule has 4 aromatic rings. The number of fused-ring (bicyclic) bond motifs is 1. The minimum Gasteiger partial charge on any atom is -0.340 e. The lowest BCUT2D eigenvalue weighted by molar-refractivity contribution is 0.686. The molecule has 0 radical (unpaired) electrons. The normalized spacial score (nSPS) is 11.8. The number of hydrogen-bond donors (Lipinski definition) is 2. The van der Waals surface area contributed by atoms with E-state index >= 15 is 0 Å². The Labute approximate surface area is 207 Å². The Morgan fingerprint density at radius 2 is 1.68 bits per heavy atom. The van der Waals surface area contributed by atoms with Gasteiger partial charge in [-0.1, -0.05) is 30.3 Å². The summed E-state index contributed by atoms with van der Waals surface area (Å²) in [7, 11) is 0.291. The number of hydrogen-bond acceptors (Lipinski definition) is 5. The molecular formula is C26H27N5OS2. The first-order valence-electron chi connectivity index (χ1n) is 10.4. The lowest BCUT2D eigenvalue weighted by Gasteiger charge is -2.12. The van der Waals surface area contributed by atoms with Gasteiger partial charge in [-0.15, -0.1) is 0 Å². The molecule has 0 spiro atoms. The fourth-order valence-electron chi connectivity index (χ4n) is 3.20. The molecule has 0 amide bonds. The molecule has 1 aromatic heterocycles. The zero-order valence-electron chi connectivity index (χ0n) is 19.4. The molecule has 0 saturated heterocycles. The number of pyridine rings is 1. The number of amidine groups is 1. The molecule has 0 aliphatic carbocycles. The third kappa shape index (κ3) is 6.30. The summed E-state index contributed by atoms with van der Waals surface area (Å²) in [4.78, 5) is 13.4. The molecule has 0 aliphatic rings. The van der Waals surface area contributed by atoms with Gasteiger partial charge in [-0.25, -0.2) is 4.21 Å². The van der Waals surface area contributed by atoms with Crippen molar-refractivity contribution >= 4 is 63.3 Å². The van der Waals surface area contributed by atoms with Crippen LogP contribution in [0.3, 0.4) is 0 Å². The third-order valence-electron chi connectivity index (χ3n) is 4.72. The Kier molecular flexibility index (Phi) is 9.37. The molecule has 1 heterocycles. The number of para-hydroxylation sites is 2. The monoisotopic (exact) mass is 489 g/mol. The van der Waals surface area contributed by atoms with Gasteiger partial charge in [0.25, 0.3) is 0 Å². The molecule has 8 heteroatoms. The average Bonchev–Trinajstić information content (AvgIpc) is 2.88. The van der Waals surface area contributed by atoms with Crippen molar-refractivity contribution in [1.29, 1.82) is 0 Å². The van der Waals surface area contributed by atoms with Gasteiger partial charge in [-0.2, -0.15) is 11.8 Å². The number of anilines is 2. The minimum absolute atomic E-state index is 0.654. The lowest BCUT2D eigenvalue weighted by atomic mass is 10.1. The van der Waals surface area contributed by atoms with Gasteiger partial charge in [-0.3, -0.25) is 19.7 Å². The van der Waals surface area contributed by atoms with Crippen molar-refractivity contribution in [2.24, 2.45) is 9.98 Å². The Bertz CT molecular complexity index is 1300. The maximum atomic E-state index is 12.9. The quantitative estimate of drug-likeness (QED) is 0.251. The fraction of sp³-hybridized carbons (Fsp3) is 0.115. The molecule has 0 saturated carbocycles. The number of aliphatic imine (C=N–C) groups is 2. The third-order valence-corrected chi connectivity index (χ3v) is 5.83.